The second-order valence-electron chi connectivity index (χ2n) is 4.19. The average molecular weight is 360 g/mol. The molecule has 5 heteroatoms. The second-order valence-corrected chi connectivity index (χ2v) is 5.90. The first kappa shape index (κ1) is 14.8. The Bertz CT molecular complexity index is 575. The molecule has 0 saturated carbocycles. The lowest BCUT2D eigenvalue weighted by atomic mass is 10.0. The number of aromatic nitrogens is 1. The molecular weight excluding hydrogens is 347 g/mol. The normalized spacial score (nSPS) is 12.4. The molecule has 1 aromatic carbocycles. The molecule has 1 aromatic heterocycles. The van der Waals surface area contributed by atoms with Crippen molar-refractivity contribution < 1.29 is 0 Å². The van der Waals surface area contributed by atoms with Gasteiger partial charge in [-0.05, 0) is 52.7 Å². The van der Waals surface area contributed by atoms with Crippen LogP contribution in [-0.4, -0.2) is 12.0 Å². The zero-order chi connectivity index (χ0) is 13.8. The summed E-state index contributed by atoms with van der Waals surface area (Å²) in [6.45, 7) is 0. The zero-order valence-electron chi connectivity index (χ0n) is 10.3. The van der Waals surface area contributed by atoms with Crippen LogP contribution < -0.4 is 5.32 Å². The van der Waals surface area contributed by atoms with Crippen molar-refractivity contribution in [3.05, 3.63) is 62.3 Å². The van der Waals surface area contributed by atoms with Crippen LogP contribution >= 0.6 is 39.1 Å². The first-order chi connectivity index (χ1) is 9.11. The maximum Gasteiger partial charge on any atom is 0.0624 e. The molecule has 2 aromatic rings. The van der Waals surface area contributed by atoms with Gasteiger partial charge in [0.25, 0.3) is 0 Å². The summed E-state index contributed by atoms with van der Waals surface area (Å²) in [6.07, 6.45) is 4.38. The van der Waals surface area contributed by atoms with E-state index in [0.717, 1.165) is 22.0 Å². The fourth-order valence-corrected chi connectivity index (χ4v) is 2.71. The highest BCUT2D eigenvalue weighted by Crippen LogP contribution is 2.29. The van der Waals surface area contributed by atoms with Gasteiger partial charge in [0.1, 0.15) is 0 Å². The van der Waals surface area contributed by atoms with E-state index in [1.54, 1.807) is 12.3 Å². The number of hydrogen-bond donors (Lipinski definition) is 1. The molecule has 0 amide bonds. The van der Waals surface area contributed by atoms with Crippen LogP contribution in [0, 0.1) is 0 Å². The zero-order valence-corrected chi connectivity index (χ0v) is 13.4. The average Bonchev–Trinajstić information content (AvgIpc) is 2.40. The van der Waals surface area contributed by atoms with Gasteiger partial charge >= 0.3 is 0 Å². The lowest BCUT2D eigenvalue weighted by molar-refractivity contribution is 0.589. The molecule has 0 fully saturated rings. The Kier molecular flexibility index (Phi) is 5.22. The van der Waals surface area contributed by atoms with Crippen molar-refractivity contribution in [1.29, 1.82) is 0 Å². The van der Waals surface area contributed by atoms with E-state index in [4.69, 9.17) is 23.2 Å². The summed E-state index contributed by atoms with van der Waals surface area (Å²) in [4.78, 5) is 4.19. The quantitative estimate of drug-likeness (QED) is 0.859. The van der Waals surface area contributed by atoms with Crippen LogP contribution in [0.5, 0.6) is 0 Å². The highest BCUT2D eigenvalue weighted by Gasteiger charge is 2.14. The minimum atomic E-state index is 0.140. The molecule has 0 saturated heterocycles. The van der Waals surface area contributed by atoms with Gasteiger partial charge < -0.3 is 5.32 Å². The number of nitrogens with one attached hydrogen (secondary N) is 1. The number of likely N-dealkylation sites (N-methyl/N-ethyl adjacent to an activating group) is 1. The summed E-state index contributed by atoms with van der Waals surface area (Å²) in [7, 11) is 1.92. The maximum absolute atomic E-state index is 6.23. The summed E-state index contributed by atoms with van der Waals surface area (Å²) in [5, 5.41) is 4.48. The smallest absolute Gasteiger partial charge is 0.0624 e. The Morgan fingerprint density at radius 1 is 1.32 bits per heavy atom. The van der Waals surface area contributed by atoms with Crippen molar-refractivity contribution >= 4 is 39.1 Å². The van der Waals surface area contributed by atoms with Crippen molar-refractivity contribution in [1.82, 2.24) is 10.3 Å². The van der Waals surface area contributed by atoms with E-state index in [-0.39, 0.29) is 6.04 Å². The topological polar surface area (TPSA) is 24.9 Å². The molecule has 2 rings (SSSR count). The minimum absolute atomic E-state index is 0.140. The molecule has 1 N–H and O–H groups in total. The Hall–Kier alpha value is -0.610. The van der Waals surface area contributed by atoms with E-state index in [1.807, 2.05) is 31.4 Å². The van der Waals surface area contributed by atoms with E-state index in [1.165, 1.54) is 0 Å². The Morgan fingerprint density at radius 2 is 2.11 bits per heavy atom. The Morgan fingerprint density at radius 3 is 2.79 bits per heavy atom. The van der Waals surface area contributed by atoms with Gasteiger partial charge in [0.2, 0.25) is 0 Å². The number of halogens is 3. The van der Waals surface area contributed by atoms with Gasteiger partial charge in [-0.2, -0.15) is 0 Å². The molecule has 0 spiro atoms. The predicted octanol–water partition coefficient (Wildman–Crippen LogP) is 4.65. The molecule has 100 valence electrons. The number of nitrogens with zero attached hydrogens (tertiary/aromatic N) is 1. The number of rotatable bonds is 4. The van der Waals surface area contributed by atoms with Crippen molar-refractivity contribution in [2.45, 2.75) is 12.5 Å². The van der Waals surface area contributed by atoms with Gasteiger partial charge in [0.15, 0.2) is 0 Å². The molecular formula is C14H13BrCl2N2. The van der Waals surface area contributed by atoms with Gasteiger partial charge in [-0.15, -0.1) is 0 Å². The summed E-state index contributed by atoms with van der Waals surface area (Å²) in [5.74, 6) is 0. The van der Waals surface area contributed by atoms with Crippen LogP contribution in [-0.2, 0) is 6.42 Å². The van der Waals surface area contributed by atoms with Gasteiger partial charge in [0, 0.05) is 22.9 Å². The van der Waals surface area contributed by atoms with Crippen LogP contribution in [0.3, 0.4) is 0 Å². The maximum atomic E-state index is 6.23. The fraction of sp³-hybridized carbons (Fsp3) is 0.214. The van der Waals surface area contributed by atoms with Crippen LogP contribution in [0.15, 0.2) is 41.1 Å². The second kappa shape index (κ2) is 6.71. The summed E-state index contributed by atoms with van der Waals surface area (Å²) >= 11 is 15.7. The summed E-state index contributed by atoms with van der Waals surface area (Å²) in [6, 6.07) is 7.88. The molecule has 0 aliphatic carbocycles. The molecule has 0 bridgehead atoms. The van der Waals surface area contributed by atoms with E-state index in [2.05, 4.69) is 26.2 Å². The van der Waals surface area contributed by atoms with E-state index >= 15 is 0 Å². The van der Waals surface area contributed by atoms with Crippen molar-refractivity contribution in [3.8, 4) is 0 Å². The lowest BCUT2D eigenvalue weighted by Gasteiger charge is -2.17. The highest BCUT2D eigenvalue weighted by atomic mass is 79.9. The van der Waals surface area contributed by atoms with Gasteiger partial charge in [-0.25, -0.2) is 0 Å². The standard InChI is InChI=1S/C14H13BrCl2N2/c1-18-13(10-5-11(15)8-19-7-10)6-9-3-2-4-12(16)14(9)17/h2-5,7-8,13,18H,6H2,1H3. The molecule has 0 radical (unpaired) electrons. The number of hydrogen-bond acceptors (Lipinski definition) is 2. The largest absolute Gasteiger partial charge is 0.313 e. The van der Waals surface area contributed by atoms with Crippen LogP contribution in [0.4, 0.5) is 0 Å². The third kappa shape index (κ3) is 3.69. The Balaban J connectivity index is 2.26. The van der Waals surface area contributed by atoms with Crippen molar-refractivity contribution in [2.75, 3.05) is 7.05 Å². The predicted molar refractivity (Wildman–Crippen MR) is 83.9 cm³/mol. The van der Waals surface area contributed by atoms with E-state index < -0.39 is 0 Å². The summed E-state index contributed by atoms with van der Waals surface area (Å²) in [5.41, 5.74) is 2.13. The van der Waals surface area contributed by atoms with Crippen LogP contribution in [0.1, 0.15) is 17.2 Å². The third-order valence-corrected chi connectivity index (χ3v) is 4.22. The first-order valence-electron chi connectivity index (χ1n) is 5.82. The van der Waals surface area contributed by atoms with Crippen molar-refractivity contribution in [2.24, 2.45) is 0 Å². The van der Waals surface area contributed by atoms with Crippen LogP contribution in [0.2, 0.25) is 10.0 Å². The lowest BCUT2D eigenvalue weighted by Crippen LogP contribution is -2.19. The summed E-state index contributed by atoms with van der Waals surface area (Å²) < 4.78 is 0.961. The van der Waals surface area contributed by atoms with Crippen molar-refractivity contribution in [3.63, 3.8) is 0 Å². The van der Waals surface area contributed by atoms with Gasteiger partial charge in [0.05, 0.1) is 10.0 Å². The molecule has 1 atom stereocenters. The SMILES string of the molecule is CNC(Cc1cccc(Cl)c1Cl)c1cncc(Br)c1. The molecule has 1 heterocycles. The molecule has 0 aliphatic rings. The van der Waals surface area contributed by atoms with E-state index in [0.29, 0.717) is 10.0 Å². The highest BCUT2D eigenvalue weighted by molar-refractivity contribution is 9.10. The van der Waals surface area contributed by atoms with Gasteiger partial charge in [-0.3, -0.25) is 4.98 Å². The Labute approximate surface area is 131 Å². The number of pyridine rings is 1. The minimum Gasteiger partial charge on any atom is -0.313 e. The molecule has 1 unspecified atom stereocenters. The van der Waals surface area contributed by atoms with Gasteiger partial charge in [-0.1, -0.05) is 35.3 Å². The molecule has 0 aliphatic heterocycles. The molecule has 19 heavy (non-hydrogen) atoms. The first-order valence-corrected chi connectivity index (χ1v) is 7.37. The number of benzene rings is 1. The molecule has 2 nitrogen and oxygen atoms in total. The monoisotopic (exact) mass is 358 g/mol. The third-order valence-electron chi connectivity index (χ3n) is 2.93. The van der Waals surface area contributed by atoms with Crippen LogP contribution in [0.25, 0.3) is 0 Å². The fourth-order valence-electron chi connectivity index (χ4n) is 1.93. The van der Waals surface area contributed by atoms with E-state index in [9.17, 15) is 0 Å².